The summed E-state index contributed by atoms with van der Waals surface area (Å²) in [5.74, 6) is -2.93. The van der Waals surface area contributed by atoms with Crippen LogP contribution in [0.15, 0.2) is 46.8 Å². The number of cyclic esters (lactones) is 1. The highest BCUT2D eigenvalue weighted by Crippen LogP contribution is 2.42. The van der Waals surface area contributed by atoms with Gasteiger partial charge in [-0.2, -0.15) is 0 Å². The first-order valence-corrected chi connectivity index (χ1v) is 24.9. The molecule has 9 atom stereocenters. The molecule has 2 aliphatic rings. The molecule has 0 aromatic heterocycles. The third-order valence-electron chi connectivity index (χ3n) is 12.2. The first-order chi connectivity index (χ1) is 29.0. The summed E-state index contributed by atoms with van der Waals surface area (Å²) in [6, 6.07) is 7.81. The number of carbonyl (C=O) groups excluding carboxylic acids is 3. The zero-order valence-corrected chi connectivity index (χ0v) is 42.3. The monoisotopic (exact) mass is 904 g/mol. The normalized spacial score (nSPS) is 23.6. The van der Waals surface area contributed by atoms with Crippen LogP contribution in [-0.4, -0.2) is 131 Å². The van der Waals surface area contributed by atoms with E-state index < -0.39 is 73.8 Å². The van der Waals surface area contributed by atoms with Gasteiger partial charge in [0.2, 0.25) is 5.79 Å². The van der Waals surface area contributed by atoms with E-state index in [0.29, 0.717) is 24.2 Å². The molecule has 6 unspecified atom stereocenters. The van der Waals surface area contributed by atoms with Crippen LogP contribution in [0.2, 0.25) is 18.1 Å². The Hall–Kier alpha value is -3.70. The van der Waals surface area contributed by atoms with Gasteiger partial charge in [0.25, 0.3) is 0 Å². The summed E-state index contributed by atoms with van der Waals surface area (Å²) in [5, 5.41) is 3.80. The molecule has 1 aromatic carbocycles. The number of ether oxygens (including phenoxy) is 7. The molecule has 0 bridgehead atoms. The summed E-state index contributed by atoms with van der Waals surface area (Å²) in [7, 11) is 3.12. The fourth-order valence-corrected chi connectivity index (χ4v) is 8.84. The van der Waals surface area contributed by atoms with Crippen LogP contribution in [0, 0.1) is 11.8 Å². The highest BCUT2D eigenvalue weighted by molar-refractivity contribution is 6.74. The van der Waals surface area contributed by atoms with Gasteiger partial charge in [0, 0.05) is 44.9 Å². The Kier molecular flexibility index (Phi) is 18.3. The molecule has 1 aromatic rings. The predicted octanol–water partition coefficient (Wildman–Crippen LogP) is 9.25. The third-order valence-corrected chi connectivity index (χ3v) is 16.7. The van der Waals surface area contributed by atoms with E-state index in [4.69, 9.17) is 37.6 Å². The van der Waals surface area contributed by atoms with Gasteiger partial charge in [0.1, 0.15) is 11.4 Å². The molecule has 0 aliphatic carbocycles. The van der Waals surface area contributed by atoms with Gasteiger partial charge >= 0.3 is 18.0 Å². The number of likely N-dealkylation sites (N-methyl/N-ethyl adjacent to an activating group) is 1. The number of hydrogen-bond donors (Lipinski definition) is 0. The quantitative estimate of drug-likeness (QED) is 0.0321. The smallest absolute Gasteiger partial charge is 0.410 e. The average Bonchev–Trinajstić information content (AvgIpc) is 3.16. The van der Waals surface area contributed by atoms with Crippen molar-refractivity contribution in [2.75, 3.05) is 40.9 Å². The topological polar surface area (TPSA) is 180 Å². The van der Waals surface area contributed by atoms with Crippen molar-refractivity contribution in [3.05, 3.63) is 57.7 Å². The maximum absolute atomic E-state index is 14.2. The van der Waals surface area contributed by atoms with Gasteiger partial charge in [-0.1, -0.05) is 57.9 Å². The Bertz CT molecular complexity index is 1790. The Morgan fingerprint density at radius 2 is 1.67 bits per heavy atom. The molecule has 1 fully saturated rings. The van der Waals surface area contributed by atoms with E-state index in [1.54, 1.807) is 77.8 Å². The van der Waals surface area contributed by atoms with Gasteiger partial charge in [-0.25, -0.2) is 14.4 Å². The number of benzene rings is 1. The molecule has 0 radical (unpaired) electrons. The molecule has 0 saturated carbocycles. The van der Waals surface area contributed by atoms with Gasteiger partial charge in [-0.15, -0.1) is 0 Å². The fraction of sp³-hybridized carbons (Fsp3) is 0.761. The molecule has 0 spiro atoms. The second kappa shape index (κ2) is 21.5. The first kappa shape index (κ1) is 53.6. The molecule has 3 rings (SSSR count). The standard InChI is InChI=1S/C46H77N5O11Si/c1-29(27-51(42(54)62-43(5,6)7)34(26-48-49-47)28-56-63(17,18)44(8,9)10)25-46(13,55-16)38(31(3)36-32(4)39(52)61-45(11,12)60-36)59-41-37(35(50(14)15)24-30(2)57-41)58-40(53)33-22-20-19-21-23-33/h19-23,29-31,34-35,37-38,41H,24-28H2,1-18H3/t29-,30?,31+,34?,35?,37?,38-,41?,46?/m1/s1. The van der Waals surface area contributed by atoms with E-state index in [1.165, 1.54) is 0 Å². The summed E-state index contributed by atoms with van der Waals surface area (Å²) in [5.41, 5.74) is 8.10. The summed E-state index contributed by atoms with van der Waals surface area (Å²) in [6.07, 6.45) is -2.90. The molecule has 0 N–H and O–H groups in total. The van der Waals surface area contributed by atoms with Crippen molar-refractivity contribution in [1.29, 1.82) is 0 Å². The second-order valence-electron chi connectivity index (χ2n) is 20.6. The molecule has 2 aliphatic heterocycles. The largest absolute Gasteiger partial charge is 0.456 e. The van der Waals surface area contributed by atoms with Crippen molar-refractivity contribution in [2.24, 2.45) is 17.0 Å². The molecular weight excluding hydrogens is 827 g/mol. The van der Waals surface area contributed by atoms with Crippen molar-refractivity contribution >= 4 is 26.3 Å². The van der Waals surface area contributed by atoms with Gasteiger partial charge in [-0.05, 0) is 110 Å². The minimum absolute atomic E-state index is 0.0363. The number of amides is 1. The Balaban J connectivity index is 2.16. The van der Waals surface area contributed by atoms with Crippen LogP contribution in [0.1, 0.15) is 113 Å². The highest BCUT2D eigenvalue weighted by atomic mass is 28.4. The number of esters is 2. The van der Waals surface area contributed by atoms with Crippen LogP contribution < -0.4 is 0 Å². The summed E-state index contributed by atoms with van der Waals surface area (Å²) in [4.78, 5) is 47.8. The van der Waals surface area contributed by atoms with Gasteiger partial charge in [0.05, 0.1) is 47.6 Å². The molecule has 356 valence electrons. The van der Waals surface area contributed by atoms with Gasteiger partial charge in [0.15, 0.2) is 20.7 Å². The van der Waals surface area contributed by atoms with E-state index >= 15 is 0 Å². The van der Waals surface area contributed by atoms with E-state index in [0.717, 1.165) is 0 Å². The van der Waals surface area contributed by atoms with E-state index in [1.807, 2.05) is 52.8 Å². The lowest BCUT2D eigenvalue weighted by molar-refractivity contribution is -0.298. The first-order valence-electron chi connectivity index (χ1n) is 22.0. The van der Waals surface area contributed by atoms with Crippen LogP contribution in [0.25, 0.3) is 10.4 Å². The average molecular weight is 904 g/mol. The molecule has 1 saturated heterocycles. The molecular formula is C46H77N5O11Si. The van der Waals surface area contributed by atoms with Crippen LogP contribution in [-0.2, 0) is 42.4 Å². The number of rotatable bonds is 19. The summed E-state index contributed by atoms with van der Waals surface area (Å²) in [6.45, 7) is 29.0. The van der Waals surface area contributed by atoms with Crippen molar-refractivity contribution < 1.29 is 52.0 Å². The van der Waals surface area contributed by atoms with E-state index in [9.17, 15) is 19.9 Å². The summed E-state index contributed by atoms with van der Waals surface area (Å²) < 4.78 is 51.0. The predicted molar refractivity (Wildman–Crippen MR) is 243 cm³/mol. The summed E-state index contributed by atoms with van der Waals surface area (Å²) >= 11 is 0. The van der Waals surface area contributed by atoms with Crippen LogP contribution in [0.5, 0.6) is 0 Å². The number of nitrogens with zero attached hydrogens (tertiary/aromatic N) is 5. The Labute approximate surface area is 377 Å². The third kappa shape index (κ3) is 14.7. The van der Waals surface area contributed by atoms with Crippen LogP contribution in [0.3, 0.4) is 0 Å². The lowest BCUT2D eigenvalue weighted by Gasteiger charge is -2.48. The molecule has 16 nitrogen and oxygen atoms in total. The molecule has 2 heterocycles. The van der Waals surface area contributed by atoms with Crippen molar-refractivity contribution in [2.45, 2.75) is 175 Å². The van der Waals surface area contributed by atoms with Crippen LogP contribution in [0.4, 0.5) is 4.79 Å². The highest BCUT2D eigenvalue weighted by Gasteiger charge is 2.51. The maximum Gasteiger partial charge on any atom is 0.410 e. The van der Waals surface area contributed by atoms with E-state index in [2.05, 4.69) is 43.9 Å². The lowest BCUT2D eigenvalue weighted by Crippen LogP contribution is -2.60. The van der Waals surface area contributed by atoms with E-state index in [-0.39, 0.29) is 48.4 Å². The van der Waals surface area contributed by atoms with Crippen molar-refractivity contribution in [3.63, 3.8) is 0 Å². The van der Waals surface area contributed by atoms with Crippen molar-refractivity contribution in [3.8, 4) is 0 Å². The second-order valence-corrected chi connectivity index (χ2v) is 25.5. The SMILES string of the molecule is COC(C)(C[C@@H](C)CN(C(=O)OC(C)(C)C)C(CN=[N+]=[N-])CO[Si](C)(C)C(C)(C)C)[C@H](OC1OC(C)CC(N(C)C)C1OC(=O)c1ccccc1)[C@@H](C)C1=C(C)C(=O)OC(C)(C)O1. The molecule has 17 heteroatoms. The zero-order valence-electron chi connectivity index (χ0n) is 41.3. The van der Waals surface area contributed by atoms with Gasteiger partial charge < -0.3 is 47.4 Å². The maximum atomic E-state index is 14.2. The fourth-order valence-electron chi connectivity index (χ4n) is 7.80. The van der Waals surface area contributed by atoms with Crippen LogP contribution >= 0.6 is 0 Å². The lowest BCUT2D eigenvalue weighted by atomic mass is 9.80. The molecule has 1 amide bonds. The number of carbonyl (C=O) groups is 3. The van der Waals surface area contributed by atoms with Gasteiger partial charge in [-0.3, -0.25) is 0 Å². The number of azide groups is 1. The minimum atomic E-state index is -2.30. The zero-order chi connectivity index (χ0) is 47.9. The molecule has 63 heavy (non-hydrogen) atoms. The number of methoxy groups -OCH3 is 1. The minimum Gasteiger partial charge on any atom is -0.456 e. The Morgan fingerprint density at radius 3 is 2.21 bits per heavy atom. The number of hydrogen-bond acceptors (Lipinski definition) is 13. The Morgan fingerprint density at radius 1 is 1.05 bits per heavy atom. The van der Waals surface area contributed by atoms with Crippen molar-refractivity contribution in [1.82, 2.24) is 9.80 Å².